The molecule has 0 radical (unpaired) electrons. The average Bonchev–Trinajstić information content (AvgIpc) is 2.72. The zero-order chi connectivity index (χ0) is 20.6. The average molecular weight is 422 g/mol. The molecule has 29 heavy (non-hydrogen) atoms. The second kappa shape index (κ2) is 10.4. The van der Waals surface area contributed by atoms with Gasteiger partial charge in [-0.3, -0.25) is 4.79 Å². The molecule has 156 valence electrons. The van der Waals surface area contributed by atoms with Crippen LogP contribution in [0.5, 0.6) is 0 Å². The molecule has 0 bridgehead atoms. The molecule has 2 aromatic rings. The minimum absolute atomic E-state index is 0.0563. The Morgan fingerprint density at radius 2 is 2.03 bits per heavy atom. The second-order valence-corrected chi connectivity index (χ2v) is 7.39. The van der Waals surface area contributed by atoms with Crippen LogP contribution >= 0.6 is 11.6 Å². The third kappa shape index (κ3) is 6.54. The van der Waals surface area contributed by atoms with Gasteiger partial charge in [0.2, 0.25) is 0 Å². The van der Waals surface area contributed by atoms with Gasteiger partial charge in [-0.2, -0.15) is 0 Å². The molecule has 1 aliphatic heterocycles. The normalized spacial score (nSPS) is 15.1. The highest BCUT2D eigenvalue weighted by atomic mass is 35.5. The van der Waals surface area contributed by atoms with Crippen molar-refractivity contribution in [1.82, 2.24) is 14.9 Å². The van der Waals surface area contributed by atoms with Gasteiger partial charge in [0, 0.05) is 37.3 Å². The highest BCUT2D eigenvalue weighted by Gasteiger charge is 2.19. The van der Waals surface area contributed by atoms with E-state index in [1.165, 1.54) is 25.6 Å². The van der Waals surface area contributed by atoms with E-state index >= 15 is 0 Å². The fourth-order valence-electron chi connectivity index (χ4n) is 3.29. The lowest BCUT2D eigenvalue weighted by atomic mass is 10.0. The predicted octanol–water partition coefficient (Wildman–Crippen LogP) is 3.84. The van der Waals surface area contributed by atoms with E-state index in [0.29, 0.717) is 24.0 Å². The molecule has 0 unspecified atom stereocenters. The van der Waals surface area contributed by atoms with Crippen molar-refractivity contribution < 1.29 is 13.9 Å². The van der Waals surface area contributed by atoms with Gasteiger partial charge in [0.1, 0.15) is 23.8 Å². The van der Waals surface area contributed by atoms with Crippen molar-refractivity contribution in [3.63, 3.8) is 0 Å². The van der Waals surface area contributed by atoms with E-state index in [2.05, 4.69) is 30.2 Å². The number of carbonyl (C=O) groups is 1. The van der Waals surface area contributed by atoms with Crippen LogP contribution in [0.4, 0.5) is 21.7 Å². The Labute approximate surface area is 174 Å². The third-order valence-corrected chi connectivity index (χ3v) is 5.17. The minimum atomic E-state index is -0.459. The molecule has 1 aliphatic rings. The number of aromatic nitrogens is 2. The predicted molar refractivity (Wildman–Crippen MR) is 111 cm³/mol. The summed E-state index contributed by atoms with van der Waals surface area (Å²) in [7, 11) is 1.42. The van der Waals surface area contributed by atoms with Crippen LogP contribution in [0.3, 0.4) is 0 Å². The van der Waals surface area contributed by atoms with Crippen molar-refractivity contribution in [3.05, 3.63) is 41.4 Å². The van der Waals surface area contributed by atoms with Crippen LogP contribution in [0.15, 0.2) is 30.6 Å². The number of ether oxygens (including phenoxy) is 1. The maximum atomic E-state index is 13.3. The molecule has 1 aromatic heterocycles. The van der Waals surface area contributed by atoms with E-state index in [-0.39, 0.29) is 11.0 Å². The number of anilines is 3. The maximum Gasteiger partial charge on any atom is 0.305 e. The zero-order valence-corrected chi connectivity index (χ0v) is 17.1. The van der Waals surface area contributed by atoms with Crippen molar-refractivity contribution in [1.29, 1.82) is 0 Å². The fourth-order valence-corrected chi connectivity index (χ4v) is 3.47. The van der Waals surface area contributed by atoms with E-state index in [1.807, 2.05) is 6.07 Å². The molecule has 2 N–H and O–H groups in total. The summed E-state index contributed by atoms with van der Waals surface area (Å²) in [5.41, 5.74) is 0.654. The number of nitrogens with zero attached hydrogens (tertiary/aromatic N) is 3. The topological polar surface area (TPSA) is 79.4 Å². The first-order valence-corrected chi connectivity index (χ1v) is 10.0. The largest absolute Gasteiger partial charge is 0.469 e. The second-order valence-electron chi connectivity index (χ2n) is 6.98. The molecule has 7 nitrogen and oxygen atoms in total. The monoisotopic (exact) mass is 421 g/mol. The Balaban J connectivity index is 1.47. The molecule has 0 atom stereocenters. The van der Waals surface area contributed by atoms with Crippen molar-refractivity contribution in [2.45, 2.75) is 31.7 Å². The summed E-state index contributed by atoms with van der Waals surface area (Å²) in [4.78, 5) is 22.1. The molecule has 0 amide bonds. The van der Waals surface area contributed by atoms with Crippen LogP contribution in [0.1, 0.15) is 25.7 Å². The van der Waals surface area contributed by atoms with Crippen LogP contribution in [-0.4, -0.2) is 53.6 Å². The molecule has 1 aromatic carbocycles. The summed E-state index contributed by atoms with van der Waals surface area (Å²) in [6.07, 6.45) is 4.76. The number of halogens is 2. The molecule has 3 rings (SSSR count). The Morgan fingerprint density at radius 1 is 1.28 bits per heavy atom. The molecule has 2 heterocycles. The van der Waals surface area contributed by atoms with Gasteiger partial charge in [0.15, 0.2) is 0 Å². The number of methoxy groups -OCH3 is 1. The summed E-state index contributed by atoms with van der Waals surface area (Å²) >= 11 is 5.82. The van der Waals surface area contributed by atoms with Crippen molar-refractivity contribution in [3.8, 4) is 0 Å². The molecule has 0 saturated carbocycles. The lowest BCUT2D eigenvalue weighted by molar-refractivity contribution is -0.140. The number of rotatable bonds is 8. The van der Waals surface area contributed by atoms with Gasteiger partial charge in [-0.05, 0) is 44.0 Å². The SMILES string of the molecule is COC(=O)CCCN1CCC(Nc2cc(Nc3ccc(F)c(Cl)c3)ncn2)CC1. The van der Waals surface area contributed by atoms with Crippen molar-refractivity contribution in [2.24, 2.45) is 0 Å². The molecule has 0 aliphatic carbocycles. The van der Waals surface area contributed by atoms with E-state index < -0.39 is 5.82 Å². The van der Waals surface area contributed by atoms with E-state index in [4.69, 9.17) is 11.6 Å². The molecule has 1 fully saturated rings. The third-order valence-electron chi connectivity index (χ3n) is 4.88. The fraction of sp³-hybridized carbons (Fsp3) is 0.450. The Kier molecular flexibility index (Phi) is 7.60. The number of carbonyl (C=O) groups excluding carboxylic acids is 1. The summed E-state index contributed by atoms with van der Waals surface area (Å²) in [5.74, 6) is 0.724. The Morgan fingerprint density at radius 3 is 2.76 bits per heavy atom. The number of likely N-dealkylation sites (tertiary alicyclic amines) is 1. The number of benzene rings is 1. The van der Waals surface area contributed by atoms with Crippen LogP contribution < -0.4 is 10.6 Å². The van der Waals surface area contributed by atoms with Gasteiger partial charge >= 0.3 is 5.97 Å². The first-order valence-electron chi connectivity index (χ1n) is 9.63. The van der Waals surface area contributed by atoms with Crippen LogP contribution in [0.25, 0.3) is 0 Å². The van der Waals surface area contributed by atoms with Crippen LogP contribution in [0, 0.1) is 5.82 Å². The van der Waals surface area contributed by atoms with Gasteiger partial charge in [0.05, 0.1) is 12.1 Å². The first-order chi connectivity index (χ1) is 14.0. The van der Waals surface area contributed by atoms with Gasteiger partial charge in [-0.1, -0.05) is 11.6 Å². The van der Waals surface area contributed by atoms with Crippen LogP contribution in [-0.2, 0) is 9.53 Å². The number of hydrogen-bond donors (Lipinski definition) is 2. The van der Waals surface area contributed by atoms with Gasteiger partial charge in [-0.15, -0.1) is 0 Å². The summed E-state index contributed by atoms with van der Waals surface area (Å²) < 4.78 is 18.0. The maximum absolute atomic E-state index is 13.3. The highest BCUT2D eigenvalue weighted by molar-refractivity contribution is 6.31. The summed E-state index contributed by atoms with van der Waals surface area (Å²) in [6.45, 7) is 2.86. The van der Waals surface area contributed by atoms with E-state index in [0.717, 1.165) is 44.7 Å². The van der Waals surface area contributed by atoms with Gasteiger partial charge in [-0.25, -0.2) is 14.4 Å². The highest BCUT2D eigenvalue weighted by Crippen LogP contribution is 2.23. The minimum Gasteiger partial charge on any atom is -0.469 e. The number of nitrogens with one attached hydrogen (secondary N) is 2. The standard InChI is InChI=1S/C20H25ClFN5O2/c1-29-20(28)3-2-8-27-9-6-14(7-10-27)25-18-12-19(24-13-23-18)26-15-4-5-17(22)16(21)11-15/h4-5,11-14H,2-3,6-10H2,1H3,(H2,23,24,25,26). The van der Waals surface area contributed by atoms with Gasteiger partial charge in [0.25, 0.3) is 0 Å². The Hall–Kier alpha value is -2.45. The quantitative estimate of drug-likeness (QED) is 0.627. The smallest absolute Gasteiger partial charge is 0.305 e. The molecule has 1 saturated heterocycles. The number of esters is 1. The molecule has 9 heteroatoms. The number of piperidine rings is 1. The zero-order valence-electron chi connectivity index (χ0n) is 16.3. The number of hydrogen-bond acceptors (Lipinski definition) is 7. The van der Waals surface area contributed by atoms with Gasteiger partial charge < -0.3 is 20.3 Å². The van der Waals surface area contributed by atoms with E-state index in [9.17, 15) is 9.18 Å². The van der Waals surface area contributed by atoms with Crippen molar-refractivity contribution >= 4 is 34.9 Å². The lowest BCUT2D eigenvalue weighted by Crippen LogP contribution is -2.39. The molecular weight excluding hydrogens is 397 g/mol. The first kappa shape index (κ1) is 21.3. The van der Waals surface area contributed by atoms with Crippen LogP contribution in [0.2, 0.25) is 5.02 Å². The van der Waals surface area contributed by atoms with E-state index in [1.54, 1.807) is 6.07 Å². The molecular formula is C20H25ClFN5O2. The molecule has 0 spiro atoms. The van der Waals surface area contributed by atoms with Crippen molar-refractivity contribution in [2.75, 3.05) is 37.4 Å². The lowest BCUT2D eigenvalue weighted by Gasteiger charge is -2.32. The summed E-state index contributed by atoms with van der Waals surface area (Å²) in [5, 5.41) is 6.62. The summed E-state index contributed by atoms with van der Waals surface area (Å²) in [6, 6.07) is 6.58. The Bertz CT molecular complexity index is 830.